The van der Waals surface area contributed by atoms with Crippen molar-refractivity contribution in [3.63, 3.8) is 0 Å². The van der Waals surface area contributed by atoms with E-state index in [9.17, 15) is 4.79 Å². The summed E-state index contributed by atoms with van der Waals surface area (Å²) in [5.74, 6) is 0.253. The van der Waals surface area contributed by atoms with E-state index >= 15 is 0 Å². The van der Waals surface area contributed by atoms with Crippen molar-refractivity contribution >= 4 is 21.9 Å². The summed E-state index contributed by atoms with van der Waals surface area (Å²) in [7, 11) is 1.67. The third kappa shape index (κ3) is 6.36. The van der Waals surface area contributed by atoms with Gasteiger partial charge in [-0.1, -0.05) is 6.07 Å². The lowest BCUT2D eigenvalue weighted by Crippen LogP contribution is -2.18. The van der Waals surface area contributed by atoms with Gasteiger partial charge in [0.15, 0.2) is 6.61 Å². The largest absolute Gasteiger partial charge is 0.481 e. The molecule has 0 radical (unpaired) electrons. The Labute approximate surface area is 127 Å². The minimum absolute atomic E-state index is 0.0854. The van der Waals surface area contributed by atoms with Gasteiger partial charge in [-0.15, -0.1) is 0 Å². The number of rotatable bonds is 9. The van der Waals surface area contributed by atoms with Gasteiger partial charge >= 0.3 is 5.97 Å². The molecule has 0 fully saturated rings. The Morgan fingerprint density at radius 3 is 2.85 bits per heavy atom. The number of methoxy groups -OCH3 is 1. The summed E-state index contributed by atoms with van der Waals surface area (Å²) in [6.07, 6.45) is 0. The van der Waals surface area contributed by atoms with Crippen LogP contribution in [0.5, 0.6) is 5.75 Å². The SMILES string of the molecule is CCOC(=O)COc1ccc(CNCCOC)cc1Br. The molecule has 0 heterocycles. The van der Waals surface area contributed by atoms with E-state index in [1.807, 2.05) is 18.2 Å². The highest BCUT2D eigenvalue weighted by molar-refractivity contribution is 9.10. The molecule has 1 N–H and O–H groups in total. The first-order chi connectivity index (χ1) is 9.67. The number of hydrogen-bond acceptors (Lipinski definition) is 5. The molecule has 0 amide bonds. The molecule has 5 nitrogen and oxygen atoms in total. The summed E-state index contributed by atoms with van der Waals surface area (Å²) in [5, 5.41) is 3.26. The molecule has 0 saturated carbocycles. The Morgan fingerprint density at radius 1 is 1.40 bits per heavy atom. The van der Waals surface area contributed by atoms with Crippen LogP contribution in [0.4, 0.5) is 0 Å². The van der Waals surface area contributed by atoms with Crippen LogP contribution in [-0.4, -0.2) is 39.4 Å². The minimum atomic E-state index is -0.371. The third-order valence-corrected chi connectivity index (χ3v) is 3.08. The van der Waals surface area contributed by atoms with Crippen LogP contribution in [0.15, 0.2) is 22.7 Å². The topological polar surface area (TPSA) is 56.8 Å². The van der Waals surface area contributed by atoms with E-state index in [1.54, 1.807) is 14.0 Å². The summed E-state index contributed by atoms with van der Waals surface area (Å²) >= 11 is 3.43. The summed E-state index contributed by atoms with van der Waals surface area (Å²) in [5.41, 5.74) is 1.12. The van der Waals surface area contributed by atoms with E-state index in [-0.39, 0.29) is 12.6 Å². The van der Waals surface area contributed by atoms with Crippen molar-refractivity contribution in [2.24, 2.45) is 0 Å². The number of hydrogen-bond donors (Lipinski definition) is 1. The van der Waals surface area contributed by atoms with Crippen molar-refractivity contribution in [3.8, 4) is 5.75 Å². The van der Waals surface area contributed by atoms with Gasteiger partial charge in [-0.2, -0.15) is 0 Å². The fourth-order valence-corrected chi connectivity index (χ4v) is 2.06. The molecule has 0 unspecified atom stereocenters. The average Bonchev–Trinajstić information content (AvgIpc) is 2.43. The van der Waals surface area contributed by atoms with Crippen molar-refractivity contribution < 1.29 is 19.0 Å². The van der Waals surface area contributed by atoms with Crippen LogP contribution in [0.1, 0.15) is 12.5 Å². The monoisotopic (exact) mass is 345 g/mol. The molecule has 6 heteroatoms. The van der Waals surface area contributed by atoms with Crippen LogP contribution in [0.2, 0.25) is 0 Å². The lowest BCUT2D eigenvalue weighted by atomic mass is 10.2. The molecule has 1 rings (SSSR count). The summed E-state index contributed by atoms with van der Waals surface area (Å²) in [6.45, 7) is 4.27. The number of carbonyl (C=O) groups is 1. The molecule has 0 atom stereocenters. The first-order valence-electron chi connectivity index (χ1n) is 6.43. The zero-order chi connectivity index (χ0) is 14.8. The van der Waals surface area contributed by atoms with Crippen LogP contribution in [-0.2, 0) is 20.8 Å². The smallest absolute Gasteiger partial charge is 0.344 e. The van der Waals surface area contributed by atoms with E-state index < -0.39 is 0 Å². The van der Waals surface area contributed by atoms with Gasteiger partial charge < -0.3 is 19.5 Å². The van der Waals surface area contributed by atoms with Gasteiger partial charge in [0.2, 0.25) is 0 Å². The van der Waals surface area contributed by atoms with E-state index in [2.05, 4.69) is 21.2 Å². The van der Waals surface area contributed by atoms with E-state index in [0.29, 0.717) is 19.0 Å². The standard InChI is InChI=1S/C14H20BrNO4/c1-3-19-14(17)10-20-13-5-4-11(8-12(13)15)9-16-6-7-18-2/h4-5,8,16H,3,6-7,9-10H2,1-2H3. The maximum Gasteiger partial charge on any atom is 0.344 e. The van der Waals surface area contributed by atoms with Crippen molar-refractivity contribution in [2.75, 3.05) is 33.5 Å². The highest BCUT2D eigenvalue weighted by Gasteiger charge is 2.06. The highest BCUT2D eigenvalue weighted by Crippen LogP contribution is 2.26. The predicted molar refractivity (Wildman–Crippen MR) is 79.9 cm³/mol. The molecule has 1 aromatic rings. The predicted octanol–water partition coefficient (Wildman–Crippen LogP) is 2.13. The second-order valence-electron chi connectivity index (χ2n) is 4.03. The van der Waals surface area contributed by atoms with Gasteiger partial charge in [-0.3, -0.25) is 0 Å². The molecule has 0 spiro atoms. The first kappa shape index (κ1) is 16.9. The number of benzene rings is 1. The Balaban J connectivity index is 2.44. The zero-order valence-corrected chi connectivity index (χ0v) is 13.4. The second kappa shape index (κ2) is 9.74. The van der Waals surface area contributed by atoms with Gasteiger partial charge in [0.25, 0.3) is 0 Å². The third-order valence-electron chi connectivity index (χ3n) is 2.46. The number of esters is 1. The number of nitrogens with one attached hydrogen (secondary N) is 1. The number of ether oxygens (including phenoxy) is 3. The van der Waals surface area contributed by atoms with Crippen LogP contribution in [0.25, 0.3) is 0 Å². The van der Waals surface area contributed by atoms with Crippen LogP contribution < -0.4 is 10.1 Å². The molecule has 20 heavy (non-hydrogen) atoms. The summed E-state index contributed by atoms with van der Waals surface area (Å²) in [4.78, 5) is 11.2. The Bertz CT molecular complexity index is 426. The van der Waals surface area contributed by atoms with Crippen LogP contribution in [0, 0.1) is 0 Å². The van der Waals surface area contributed by atoms with E-state index in [4.69, 9.17) is 14.2 Å². The molecule has 0 aliphatic rings. The average molecular weight is 346 g/mol. The summed E-state index contributed by atoms with van der Waals surface area (Å²) < 4.78 is 16.0. The summed E-state index contributed by atoms with van der Waals surface area (Å²) in [6, 6.07) is 5.74. The first-order valence-corrected chi connectivity index (χ1v) is 7.23. The highest BCUT2D eigenvalue weighted by atomic mass is 79.9. The van der Waals surface area contributed by atoms with Crippen LogP contribution >= 0.6 is 15.9 Å². The fourth-order valence-electron chi connectivity index (χ4n) is 1.52. The van der Waals surface area contributed by atoms with Crippen molar-refractivity contribution in [3.05, 3.63) is 28.2 Å². The van der Waals surface area contributed by atoms with Gasteiger partial charge in [0, 0.05) is 20.2 Å². The normalized spacial score (nSPS) is 10.3. The Hall–Kier alpha value is -1.11. The zero-order valence-electron chi connectivity index (χ0n) is 11.8. The van der Waals surface area contributed by atoms with Gasteiger partial charge in [-0.25, -0.2) is 4.79 Å². The maximum atomic E-state index is 11.2. The van der Waals surface area contributed by atoms with Gasteiger partial charge in [0.05, 0.1) is 17.7 Å². The molecule has 0 aromatic heterocycles. The fraction of sp³-hybridized carbons (Fsp3) is 0.500. The van der Waals surface area contributed by atoms with Gasteiger partial charge in [-0.05, 0) is 40.5 Å². The minimum Gasteiger partial charge on any atom is -0.481 e. The maximum absolute atomic E-state index is 11.2. The molecule has 1 aromatic carbocycles. The number of halogens is 1. The molecular weight excluding hydrogens is 326 g/mol. The van der Waals surface area contributed by atoms with E-state index in [0.717, 1.165) is 23.1 Å². The molecular formula is C14H20BrNO4. The lowest BCUT2D eigenvalue weighted by Gasteiger charge is -2.10. The molecule has 112 valence electrons. The van der Waals surface area contributed by atoms with Crippen molar-refractivity contribution in [1.29, 1.82) is 0 Å². The number of carbonyl (C=O) groups excluding carboxylic acids is 1. The van der Waals surface area contributed by atoms with Crippen molar-refractivity contribution in [1.82, 2.24) is 5.32 Å². The van der Waals surface area contributed by atoms with Crippen LogP contribution in [0.3, 0.4) is 0 Å². The molecule has 0 aliphatic heterocycles. The van der Waals surface area contributed by atoms with Crippen molar-refractivity contribution in [2.45, 2.75) is 13.5 Å². The van der Waals surface area contributed by atoms with Gasteiger partial charge in [0.1, 0.15) is 5.75 Å². The Morgan fingerprint density at radius 2 is 2.20 bits per heavy atom. The molecule has 0 bridgehead atoms. The Kier molecular flexibility index (Phi) is 8.25. The molecule has 0 saturated heterocycles. The molecule has 0 aliphatic carbocycles. The quantitative estimate of drug-likeness (QED) is 0.548. The van der Waals surface area contributed by atoms with E-state index in [1.165, 1.54) is 0 Å². The second-order valence-corrected chi connectivity index (χ2v) is 4.88. The lowest BCUT2D eigenvalue weighted by molar-refractivity contribution is -0.145.